The Bertz CT molecular complexity index is 1200. The minimum absolute atomic E-state index is 0.532. The Kier molecular flexibility index (Phi) is 6.34. The average molecular weight is 457 g/mol. The second-order valence-corrected chi connectivity index (χ2v) is 8.56. The van der Waals surface area contributed by atoms with Gasteiger partial charge in [-0.2, -0.15) is 0 Å². The second-order valence-electron chi connectivity index (χ2n) is 6.84. The molecule has 0 aliphatic heterocycles. The van der Waals surface area contributed by atoms with E-state index in [0.29, 0.717) is 18.0 Å². The van der Waals surface area contributed by atoms with Crippen LogP contribution in [0.4, 0.5) is 0 Å². The lowest BCUT2D eigenvalue weighted by Crippen LogP contribution is -2.22. The summed E-state index contributed by atoms with van der Waals surface area (Å²) >= 11 is 13.8. The van der Waals surface area contributed by atoms with Crippen LogP contribution in [-0.2, 0) is 13.2 Å². The van der Waals surface area contributed by atoms with Gasteiger partial charge in [0.1, 0.15) is 5.75 Å². The second kappa shape index (κ2) is 9.14. The third-order valence-corrected chi connectivity index (χ3v) is 6.31. The summed E-state index contributed by atoms with van der Waals surface area (Å²) < 4.78 is 10.0. The molecule has 0 radical (unpaired) electrons. The molecular weight excluding hydrogens is 436 g/mol. The summed E-state index contributed by atoms with van der Waals surface area (Å²) in [5.41, 5.74) is 1.93. The lowest BCUT2D eigenvalue weighted by atomic mass is 10.2. The molecule has 4 rings (SSSR count). The number of benzene rings is 2. The quantitative estimate of drug-likeness (QED) is 0.325. The maximum atomic E-state index is 6.33. The molecule has 8 heteroatoms. The van der Waals surface area contributed by atoms with Crippen LogP contribution in [0.1, 0.15) is 5.56 Å². The van der Waals surface area contributed by atoms with E-state index in [1.54, 1.807) is 18.4 Å². The van der Waals surface area contributed by atoms with Crippen molar-refractivity contribution in [1.29, 1.82) is 0 Å². The van der Waals surface area contributed by atoms with Crippen LogP contribution in [0.2, 0.25) is 5.02 Å². The number of hydrogen-bond donors (Lipinski definition) is 0. The molecule has 0 N–H and O–H groups in total. The van der Waals surface area contributed by atoms with Crippen LogP contribution in [0.25, 0.3) is 16.4 Å². The zero-order chi connectivity index (χ0) is 21.1. The van der Waals surface area contributed by atoms with E-state index in [1.165, 1.54) is 0 Å². The van der Waals surface area contributed by atoms with Gasteiger partial charge in [0.05, 0.1) is 24.3 Å². The number of para-hydroxylation sites is 2. The van der Waals surface area contributed by atoms with E-state index in [9.17, 15) is 0 Å². The predicted molar refractivity (Wildman–Crippen MR) is 125 cm³/mol. The van der Waals surface area contributed by atoms with Crippen molar-refractivity contribution >= 4 is 35.2 Å². The topological polar surface area (TPSA) is 35.2 Å². The van der Waals surface area contributed by atoms with Crippen molar-refractivity contribution in [3.05, 3.63) is 81.4 Å². The van der Waals surface area contributed by atoms with Crippen LogP contribution in [0.15, 0.2) is 66.0 Å². The van der Waals surface area contributed by atoms with Crippen molar-refractivity contribution in [3.63, 3.8) is 0 Å². The first-order valence-corrected chi connectivity index (χ1v) is 11.0. The molecule has 0 fully saturated rings. The highest BCUT2D eigenvalue weighted by molar-refractivity contribution is 7.71. The maximum Gasteiger partial charge on any atom is 0.204 e. The fraction of sp³-hybridized carbons (Fsp3) is 0.182. The number of halogens is 1. The largest absolute Gasteiger partial charge is 0.495 e. The van der Waals surface area contributed by atoms with Gasteiger partial charge in [0, 0.05) is 11.6 Å². The third-order valence-electron chi connectivity index (χ3n) is 4.68. The normalized spacial score (nSPS) is 11.2. The van der Waals surface area contributed by atoms with Crippen molar-refractivity contribution < 1.29 is 4.74 Å². The molecule has 0 atom stereocenters. The molecule has 0 saturated carbocycles. The molecule has 0 unspecified atom stereocenters. The molecule has 2 heterocycles. The molecule has 0 amide bonds. The fourth-order valence-electron chi connectivity index (χ4n) is 3.29. The Morgan fingerprint density at radius 3 is 2.60 bits per heavy atom. The Labute approximate surface area is 189 Å². The van der Waals surface area contributed by atoms with E-state index in [2.05, 4.69) is 4.90 Å². The monoisotopic (exact) mass is 456 g/mol. The van der Waals surface area contributed by atoms with Crippen molar-refractivity contribution in [2.24, 2.45) is 0 Å². The van der Waals surface area contributed by atoms with Crippen LogP contribution in [0.3, 0.4) is 0 Å². The molecule has 4 aromatic rings. The first-order chi connectivity index (χ1) is 14.6. The lowest BCUT2D eigenvalue weighted by molar-refractivity contribution is 0.244. The lowest BCUT2D eigenvalue weighted by Gasteiger charge is -2.17. The summed E-state index contributed by atoms with van der Waals surface area (Å²) in [7, 11) is 3.69. The number of nitrogens with zero attached hydrogens (tertiary/aromatic N) is 4. The van der Waals surface area contributed by atoms with Gasteiger partial charge < -0.3 is 4.74 Å². The van der Waals surface area contributed by atoms with E-state index in [-0.39, 0.29) is 0 Å². The molecule has 2 aromatic carbocycles. The van der Waals surface area contributed by atoms with Crippen LogP contribution in [0, 0.1) is 4.77 Å². The first kappa shape index (κ1) is 20.8. The van der Waals surface area contributed by atoms with E-state index in [0.717, 1.165) is 32.7 Å². The number of hydrogen-bond acceptors (Lipinski definition) is 5. The minimum atomic E-state index is 0.532. The summed E-state index contributed by atoms with van der Waals surface area (Å²) in [5.74, 6) is 1.54. The van der Waals surface area contributed by atoms with Crippen molar-refractivity contribution in [2.75, 3.05) is 14.2 Å². The zero-order valence-electron chi connectivity index (χ0n) is 16.7. The van der Waals surface area contributed by atoms with Crippen LogP contribution in [0.5, 0.6) is 5.75 Å². The van der Waals surface area contributed by atoms with Crippen LogP contribution in [-0.4, -0.2) is 33.4 Å². The predicted octanol–water partition coefficient (Wildman–Crippen LogP) is 5.88. The van der Waals surface area contributed by atoms with Gasteiger partial charge in [-0.1, -0.05) is 48.0 Å². The van der Waals surface area contributed by atoms with E-state index < -0.39 is 0 Å². The van der Waals surface area contributed by atoms with Gasteiger partial charge in [0.15, 0.2) is 5.82 Å². The molecule has 154 valence electrons. The molecule has 0 saturated heterocycles. The van der Waals surface area contributed by atoms with Gasteiger partial charge in [-0.3, -0.25) is 9.47 Å². The molecule has 0 spiro atoms. The minimum Gasteiger partial charge on any atom is -0.495 e. The molecule has 0 bridgehead atoms. The maximum absolute atomic E-state index is 6.33. The summed E-state index contributed by atoms with van der Waals surface area (Å²) in [6, 6.07) is 19.8. The van der Waals surface area contributed by atoms with Gasteiger partial charge in [0.25, 0.3) is 0 Å². The van der Waals surface area contributed by atoms with Gasteiger partial charge in [0.2, 0.25) is 4.77 Å². The van der Waals surface area contributed by atoms with Crippen LogP contribution >= 0.6 is 35.2 Å². The first-order valence-electron chi connectivity index (χ1n) is 9.37. The number of methoxy groups -OCH3 is 1. The Balaban J connectivity index is 1.73. The smallest absolute Gasteiger partial charge is 0.204 e. The van der Waals surface area contributed by atoms with Gasteiger partial charge in [-0.15, -0.1) is 16.4 Å². The molecule has 5 nitrogen and oxygen atoms in total. The highest BCUT2D eigenvalue weighted by Crippen LogP contribution is 2.31. The number of thiophene rings is 1. The molecule has 30 heavy (non-hydrogen) atoms. The summed E-state index contributed by atoms with van der Waals surface area (Å²) in [6.45, 7) is 1.22. The van der Waals surface area contributed by atoms with Gasteiger partial charge in [-0.05, 0) is 54.5 Å². The highest BCUT2D eigenvalue weighted by Gasteiger charge is 2.18. The summed E-state index contributed by atoms with van der Waals surface area (Å²) in [6.07, 6.45) is 0. The van der Waals surface area contributed by atoms with Crippen molar-refractivity contribution in [2.45, 2.75) is 13.2 Å². The van der Waals surface area contributed by atoms with Gasteiger partial charge in [-0.25, -0.2) is 4.68 Å². The Hall–Kier alpha value is -2.45. The number of aromatic nitrogens is 3. The van der Waals surface area contributed by atoms with Crippen molar-refractivity contribution in [1.82, 2.24) is 19.2 Å². The molecule has 0 aliphatic rings. The van der Waals surface area contributed by atoms with E-state index in [1.807, 2.05) is 82.3 Å². The molecule has 2 aromatic heterocycles. The molecule has 0 aliphatic carbocycles. The Morgan fingerprint density at radius 2 is 1.87 bits per heavy atom. The highest BCUT2D eigenvalue weighted by atomic mass is 35.5. The zero-order valence-corrected chi connectivity index (χ0v) is 19.0. The SMILES string of the molecule is COc1ccccc1-n1c(-c2cccs2)nn(CN(C)Cc2ccccc2Cl)c1=S. The fourth-order valence-corrected chi connectivity index (χ4v) is 4.47. The summed E-state index contributed by atoms with van der Waals surface area (Å²) in [4.78, 5) is 3.17. The van der Waals surface area contributed by atoms with Crippen molar-refractivity contribution in [3.8, 4) is 22.1 Å². The Morgan fingerprint density at radius 1 is 1.10 bits per heavy atom. The summed E-state index contributed by atoms with van der Waals surface area (Å²) in [5, 5.41) is 7.66. The van der Waals surface area contributed by atoms with Crippen LogP contribution < -0.4 is 4.74 Å². The molecular formula is C22H21ClN4OS2. The number of rotatable bonds is 7. The standard InChI is InChI=1S/C22H21ClN4OS2/c1-25(14-16-8-3-4-9-17(16)23)15-26-22(29)27(18-10-5-6-11-19(18)28-2)21(24-26)20-12-7-13-30-20/h3-13H,14-15H2,1-2H3. The van der Waals surface area contributed by atoms with Gasteiger partial charge >= 0.3 is 0 Å². The number of ether oxygens (including phenoxy) is 1. The van der Waals surface area contributed by atoms with E-state index >= 15 is 0 Å². The third kappa shape index (κ3) is 4.20. The average Bonchev–Trinajstić information content (AvgIpc) is 3.38. The van der Waals surface area contributed by atoms with E-state index in [4.69, 9.17) is 33.7 Å².